The third-order valence-corrected chi connectivity index (χ3v) is 3.61. The Hall–Kier alpha value is -2.13. The van der Waals surface area contributed by atoms with Gasteiger partial charge in [0.25, 0.3) is 5.91 Å². The summed E-state index contributed by atoms with van der Waals surface area (Å²) in [4.78, 5) is 12.0. The van der Waals surface area contributed by atoms with Crippen molar-refractivity contribution in [3.8, 4) is 0 Å². The number of nitrogens with one attached hydrogen (secondary N) is 1. The van der Waals surface area contributed by atoms with Crippen molar-refractivity contribution in [1.29, 1.82) is 0 Å². The van der Waals surface area contributed by atoms with E-state index < -0.39 is 0 Å². The maximum Gasteiger partial charge on any atom is 0.271 e. The lowest BCUT2D eigenvalue weighted by Gasteiger charge is -2.02. The molecular weight excluding hydrogens is 272 g/mol. The van der Waals surface area contributed by atoms with E-state index in [4.69, 9.17) is 11.6 Å². The molecule has 4 heteroatoms. The van der Waals surface area contributed by atoms with Crippen molar-refractivity contribution < 1.29 is 4.79 Å². The first-order valence-corrected chi connectivity index (χ1v) is 6.82. The van der Waals surface area contributed by atoms with Crippen molar-refractivity contribution in [1.82, 2.24) is 5.43 Å². The number of fused-ring (bicyclic) bond motifs is 1. The molecule has 100 valence electrons. The predicted octanol–water partition coefficient (Wildman–Crippen LogP) is 3.42. The molecule has 1 aliphatic carbocycles. The number of carbonyl (C=O) groups excluding carboxylic acids is 1. The molecule has 3 rings (SSSR count). The van der Waals surface area contributed by atoms with Crippen molar-refractivity contribution in [2.45, 2.75) is 12.8 Å². The summed E-state index contributed by atoms with van der Waals surface area (Å²) in [6, 6.07) is 14.9. The molecular formula is C16H13ClN2O. The predicted molar refractivity (Wildman–Crippen MR) is 80.2 cm³/mol. The molecule has 0 atom stereocenters. The minimum Gasteiger partial charge on any atom is -0.267 e. The molecule has 0 saturated carbocycles. The third kappa shape index (κ3) is 2.58. The summed E-state index contributed by atoms with van der Waals surface area (Å²) in [7, 11) is 0. The fourth-order valence-electron chi connectivity index (χ4n) is 2.31. The van der Waals surface area contributed by atoms with Crippen LogP contribution in [0.2, 0.25) is 5.02 Å². The molecule has 0 fully saturated rings. The van der Waals surface area contributed by atoms with Gasteiger partial charge in [-0.2, -0.15) is 5.10 Å². The Bertz CT molecular complexity index is 677. The van der Waals surface area contributed by atoms with Crippen LogP contribution >= 0.6 is 11.6 Å². The molecule has 0 aromatic heterocycles. The molecule has 0 saturated heterocycles. The molecule has 3 nitrogen and oxygen atoms in total. The summed E-state index contributed by atoms with van der Waals surface area (Å²) in [5.41, 5.74) is 6.50. The fraction of sp³-hybridized carbons (Fsp3) is 0.125. The molecule has 0 aliphatic heterocycles. The second kappa shape index (κ2) is 5.47. The van der Waals surface area contributed by atoms with Crippen molar-refractivity contribution in [3.05, 3.63) is 70.2 Å². The van der Waals surface area contributed by atoms with E-state index in [1.54, 1.807) is 24.3 Å². The summed E-state index contributed by atoms with van der Waals surface area (Å²) >= 11 is 5.79. The van der Waals surface area contributed by atoms with E-state index in [1.807, 2.05) is 18.2 Å². The molecule has 2 aromatic rings. The van der Waals surface area contributed by atoms with Crippen molar-refractivity contribution in [2.75, 3.05) is 0 Å². The van der Waals surface area contributed by atoms with Crippen LogP contribution < -0.4 is 5.43 Å². The van der Waals surface area contributed by atoms with Gasteiger partial charge in [-0.05, 0) is 42.7 Å². The Morgan fingerprint density at radius 1 is 1.05 bits per heavy atom. The third-order valence-electron chi connectivity index (χ3n) is 3.36. The number of amides is 1. The highest BCUT2D eigenvalue weighted by atomic mass is 35.5. The Morgan fingerprint density at radius 3 is 2.60 bits per heavy atom. The maximum absolute atomic E-state index is 12.0. The first kappa shape index (κ1) is 12.9. The van der Waals surface area contributed by atoms with Crippen LogP contribution in [0.1, 0.15) is 27.9 Å². The molecule has 0 heterocycles. The largest absolute Gasteiger partial charge is 0.271 e. The number of aryl methyl sites for hydroxylation is 1. The van der Waals surface area contributed by atoms with Gasteiger partial charge in [-0.1, -0.05) is 35.9 Å². The van der Waals surface area contributed by atoms with Crippen LogP contribution in [0.4, 0.5) is 0 Å². The van der Waals surface area contributed by atoms with Gasteiger partial charge in [0.05, 0.1) is 5.71 Å². The maximum atomic E-state index is 12.0. The van der Waals surface area contributed by atoms with Crippen LogP contribution in [0.3, 0.4) is 0 Å². The molecule has 0 bridgehead atoms. The number of rotatable bonds is 2. The zero-order chi connectivity index (χ0) is 13.9. The molecule has 1 amide bonds. The molecule has 1 aliphatic rings. The molecule has 0 radical (unpaired) electrons. The number of nitrogens with zero attached hydrogens (tertiary/aromatic N) is 1. The SMILES string of the molecule is O=C(NN=C1CCc2ccccc21)c1ccc(Cl)cc1. The van der Waals surface area contributed by atoms with Crippen LogP contribution in [0.25, 0.3) is 0 Å². The molecule has 20 heavy (non-hydrogen) atoms. The molecule has 2 aromatic carbocycles. The van der Waals surface area contributed by atoms with Crippen molar-refractivity contribution in [3.63, 3.8) is 0 Å². The van der Waals surface area contributed by atoms with E-state index in [2.05, 4.69) is 16.6 Å². The highest BCUT2D eigenvalue weighted by Crippen LogP contribution is 2.21. The van der Waals surface area contributed by atoms with Gasteiger partial charge < -0.3 is 0 Å². The second-order valence-corrected chi connectivity index (χ2v) is 5.10. The summed E-state index contributed by atoms with van der Waals surface area (Å²) in [6.45, 7) is 0. The fourth-order valence-corrected chi connectivity index (χ4v) is 2.43. The van der Waals surface area contributed by atoms with E-state index in [9.17, 15) is 4.79 Å². The van der Waals surface area contributed by atoms with Crippen LogP contribution in [-0.2, 0) is 6.42 Å². The normalized spacial score (nSPS) is 15.2. The first-order chi connectivity index (χ1) is 9.74. The zero-order valence-electron chi connectivity index (χ0n) is 10.8. The average molecular weight is 285 g/mol. The molecule has 0 unspecified atom stereocenters. The van der Waals surface area contributed by atoms with Gasteiger partial charge >= 0.3 is 0 Å². The average Bonchev–Trinajstić information content (AvgIpc) is 2.89. The van der Waals surface area contributed by atoms with Crippen molar-refractivity contribution >= 4 is 23.2 Å². The smallest absolute Gasteiger partial charge is 0.267 e. The van der Waals surface area contributed by atoms with E-state index in [1.165, 1.54) is 5.56 Å². The second-order valence-electron chi connectivity index (χ2n) is 4.66. The monoisotopic (exact) mass is 284 g/mol. The lowest BCUT2D eigenvalue weighted by Crippen LogP contribution is -2.19. The minimum atomic E-state index is -0.224. The zero-order valence-corrected chi connectivity index (χ0v) is 11.5. The quantitative estimate of drug-likeness (QED) is 0.844. The number of hydrogen-bond donors (Lipinski definition) is 1. The standard InChI is InChI=1S/C16H13ClN2O/c17-13-8-5-12(6-9-13)16(20)19-18-15-10-7-11-3-1-2-4-14(11)15/h1-6,8-9H,7,10H2,(H,19,20). The van der Waals surface area contributed by atoms with E-state index in [0.29, 0.717) is 10.6 Å². The van der Waals surface area contributed by atoms with Gasteiger partial charge in [0.15, 0.2) is 0 Å². The number of halogens is 1. The molecule has 1 N–H and O–H groups in total. The Morgan fingerprint density at radius 2 is 1.80 bits per heavy atom. The van der Waals surface area contributed by atoms with Crippen LogP contribution in [0, 0.1) is 0 Å². The van der Waals surface area contributed by atoms with Crippen LogP contribution in [-0.4, -0.2) is 11.6 Å². The topological polar surface area (TPSA) is 41.5 Å². The molecule has 0 spiro atoms. The Labute approximate surface area is 122 Å². The number of hydrogen-bond acceptors (Lipinski definition) is 2. The van der Waals surface area contributed by atoms with Gasteiger partial charge in [0.2, 0.25) is 0 Å². The van der Waals surface area contributed by atoms with Gasteiger partial charge in [0.1, 0.15) is 0 Å². The number of benzene rings is 2. The summed E-state index contributed by atoms with van der Waals surface area (Å²) < 4.78 is 0. The first-order valence-electron chi connectivity index (χ1n) is 6.45. The lowest BCUT2D eigenvalue weighted by atomic mass is 10.1. The van der Waals surface area contributed by atoms with Gasteiger partial charge in [-0.3, -0.25) is 4.79 Å². The number of carbonyl (C=O) groups is 1. The van der Waals surface area contributed by atoms with E-state index in [-0.39, 0.29) is 5.91 Å². The minimum absolute atomic E-state index is 0.224. The Balaban J connectivity index is 1.75. The van der Waals surface area contributed by atoms with Crippen LogP contribution in [0.15, 0.2) is 53.6 Å². The lowest BCUT2D eigenvalue weighted by molar-refractivity contribution is 0.0955. The Kier molecular flexibility index (Phi) is 3.52. The highest BCUT2D eigenvalue weighted by Gasteiger charge is 2.17. The summed E-state index contributed by atoms with van der Waals surface area (Å²) in [5.74, 6) is -0.224. The van der Waals surface area contributed by atoms with E-state index >= 15 is 0 Å². The van der Waals surface area contributed by atoms with Crippen LogP contribution in [0.5, 0.6) is 0 Å². The van der Waals surface area contributed by atoms with Gasteiger partial charge in [0, 0.05) is 16.1 Å². The van der Waals surface area contributed by atoms with Gasteiger partial charge in [-0.15, -0.1) is 0 Å². The van der Waals surface area contributed by atoms with Crippen molar-refractivity contribution in [2.24, 2.45) is 5.10 Å². The van der Waals surface area contributed by atoms with Gasteiger partial charge in [-0.25, -0.2) is 5.43 Å². The summed E-state index contributed by atoms with van der Waals surface area (Å²) in [6.07, 6.45) is 1.84. The number of hydrazone groups is 1. The van der Waals surface area contributed by atoms with E-state index in [0.717, 1.165) is 24.1 Å². The highest BCUT2D eigenvalue weighted by molar-refractivity contribution is 6.30. The summed E-state index contributed by atoms with van der Waals surface area (Å²) in [5, 5.41) is 4.86.